The third-order valence-electron chi connectivity index (χ3n) is 3.23. The fraction of sp³-hybridized carbons (Fsp3) is 0.385. The molecule has 21 heavy (non-hydrogen) atoms. The van der Waals surface area contributed by atoms with Gasteiger partial charge in [-0.1, -0.05) is 24.3 Å². The number of benzene rings is 1. The zero-order chi connectivity index (χ0) is 15.6. The number of alkyl halides is 3. The molecule has 0 aliphatic carbocycles. The van der Waals surface area contributed by atoms with Crippen molar-refractivity contribution in [1.29, 1.82) is 0 Å². The smallest absolute Gasteiger partial charge is 0.405 e. The van der Waals surface area contributed by atoms with Gasteiger partial charge in [0.15, 0.2) is 0 Å². The number of rotatable bonds is 2. The van der Waals surface area contributed by atoms with Gasteiger partial charge in [0.05, 0.1) is 0 Å². The van der Waals surface area contributed by atoms with Crippen molar-refractivity contribution in [2.45, 2.75) is 25.2 Å². The molecule has 0 saturated heterocycles. The summed E-state index contributed by atoms with van der Waals surface area (Å²) in [6, 6.07) is 4.73. The molecule has 0 aromatic heterocycles. The molecule has 2 amide bonds. The number of hydrogen-bond donors (Lipinski definition) is 2. The number of nitrogens with one attached hydrogen (secondary N) is 1. The minimum absolute atomic E-state index is 0.0309. The van der Waals surface area contributed by atoms with E-state index in [0.29, 0.717) is 0 Å². The second kappa shape index (κ2) is 5.63. The van der Waals surface area contributed by atoms with Crippen molar-refractivity contribution >= 4 is 12.0 Å². The molecule has 114 valence electrons. The zero-order valence-electron chi connectivity index (χ0n) is 10.9. The van der Waals surface area contributed by atoms with Crippen LogP contribution in [-0.4, -0.2) is 40.8 Å². The fourth-order valence-corrected chi connectivity index (χ4v) is 2.23. The number of carbonyl (C=O) groups excluding carboxylic acids is 1. The van der Waals surface area contributed by atoms with E-state index in [2.05, 4.69) is 0 Å². The van der Waals surface area contributed by atoms with E-state index in [1.54, 1.807) is 29.6 Å². The lowest BCUT2D eigenvalue weighted by Gasteiger charge is -2.34. The van der Waals surface area contributed by atoms with Crippen LogP contribution < -0.4 is 5.32 Å². The molecule has 8 heteroatoms. The van der Waals surface area contributed by atoms with Crippen molar-refractivity contribution in [2.75, 3.05) is 6.54 Å². The number of aliphatic carboxylic acids is 1. The molecule has 1 aliphatic rings. The van der Waals surface area contributed by atoms with Crippen molar-refractivity contribution < 1.29 is 27.9 Å². The predicted octanol–water partition coefficient (Wildman–Crippen LogP) is 1.77. The lowest BCUT2D eigenvalue weighted by molar-refractivity contribution is -0.142. The minimum Gasteiger partial charge on any atom is -0.480 e. The average Bonchev–Trinajstić information content (AvgIpc) is 2.42. The number of nitrogens with zero attached hydrogens (tertiary/aromatic N) is 1. The summed E-state index contributed by atoms with van der Waals surface area (Å²) in [6.45, 7) is -1.52. The molecule has 5 nitrogen and oxygen atoms in total. The monoisotopic (exact) mass is 302 g/mol. The maximum Gasteiger partial charge on any atom is 0.405 e. The molecule has 1 aliphatic heterocycles. The number of hydrogen-bond acceptors (Lipinski definition) is 2. The third-order valence-corrected chi connectivity index (χ3v) is 3.23. The van der Waals surface area contributed by atoms with Gasteiger partial charge in [0, 0.05) is 13.0 Å². The van der Waals surface area contributed by atoms with Gasteiger partial charge in [-0.3, -0.25) is 0 Å². The van der Waals surface area contributed by atoms with E-state index < -0.39 is 30.8 Å². The predicted molar refractivity (Wildman–Crippen MR) is 66.6 cm³/mol. The molecule has 1 atom stereocenters. The van der Waals surface area contributed by atoms with Crippen LogP contribution in [0.3, 0.4) is 0 Å². The molecule has 0 radical (unpaired) electrons. The van der Waals surface area contributed by atoms with Crippen LogP contribution in [0.2, 0.25) is 0 Å². The van der Waals surface area contributed by atoms with Crippen LogP contribution in [0.5, 0.6) is 0 Å². The van der Waals surface area contributed by atoms with Crippen molar-refractivity contribution in [2.24, 2.45) is 0 Å². The normalized spacial score (nSPS) is 18.0. The highest BCUT2D eigenvalue weighted by atomic mass is 19.4. The number of carboxylic acid groups (broad SMARTS) is 1. The molecule has 0 bridgehead atoms. The molecular weight excluding hydrogens is 289 g/mol. The Morgan fingerprint density at radius 2 is 1.90 bits per heavy atom. The molecular formula is C13H13F3N2O3. The van der Waals surface area contributed by atoms with Crippen LogP contribution in [-0.2, 0) is 17.8 Å². The average molecular weight is 302 g/mol. The van der Waals surface area contributed by atoms with E-state index in [9.17, 15) is 22.8 Å². The molecule has 0 spiro atoms. The van der Waals surface area contributed by atoms with Crippen LogP contribution in [0.15, 0.2) is 24.3 Å². The second-order valence-corrected chi connectivity index (χ2v) is 4.73. The summed E-state index contributed by atoms with van der Waals surface area (Å²) in [7, 11) is 0. The van der Waals surface area contributed by atoms with Gasteiger partial charge in [0.25, 0.3) is 0 Å². The summed E-state index contributed by atoms with van der Waals surface area (Å²) in [5, 5.41) is 10.9. The van der Waals surface area contributed by atoms with Crippen LogP contribution in [0.25, 0.3) is 0 Å². The first-order valence-corrected chi connectivity index (χ1v) is 6.19. The molecule has 0 fully saturated rings. The number of urea groups is 1. The van der Waals surface area contributed by atoms with Gasteiger partial charge in [-0.05, 0) is 11.1 Å². The summed E-state index contributed by atoms with van der Waals surface area (Å²) in [5.41, 5.74) is 1.52. The van der Waals surface area contributed by atoms with Crippen molar-refractivity contribution in [1.82, 2.24) is 10.2 Å². The Morgan fingerprint density at radius 3 is 2.48 bits per heavy atom. The van der Waals surface area contributed by atoms with E-state index in [-0.39, 0.29) is 13.0 Å². The Hall–Kier alpha value is -2.25. The van der Waals surface area contributed by atoms with Crippen LogP contribution in [0.1, 0.15) is 11.1 Å². The van der Waals surface area contributed by atoms with E-state index in [4.69, 9.17) is 5.11 Å². The first-order chi connectivity index (χ1) is 9.78. The molecule has 1 aromatic carbocycles. The summed E-state index contributed by atoms with van der Waals surface area (Å²) >= 11 is 0. The van der Waals surface area contributed by atoms with Gasteiger partial charge in [-0.2, -0.15) is 13.2 Å². The first-order valence-electron chi connectivity index (χ1n) is 6.19. The van der Waals surface area contributed by atoms with E-state index >= 15 is 0 Å². The number of amides is 2. The highest BCUT2D eigenvalue weighted by Gasteiger charge is 2.36. The van der Waals surface area contributed by atoms with E-state index in [1.807, 2.05) is 0 Å². The lowest BCUT2D eigenvalue weighted by atomic mass is 9.94. The van der Waals surface area contributed by atoms with Gasteiger partial charge in [0.2, 0.25) is 0 Å². The van der Waals surface area contributed by atoms with Gasteiger partial charge in [0.1, 0.15) is 12.6 Å². The molecule has 2 rings (SSSR count). The minimum atomic E-state index is -4.54. The molecule has 0 unspecified atom stereocenters. The summed E-state index contributed by atoms with van der Waals surface area (Å²) < 4.78 is 36.4. The number of halogens is 3. The van der Waals surface area contributed by atoms with Gasteiger partial charge < -0.3 is 15.3 Å². The highest BCUT2D eigenvalue weighted by molar-refractivity contribution is 5.83. The number of carbonyl (C=O) groups is 2. The Labute approximate surface area is 118 Å². The third kappa shape index (κ3) is 3.65. The quantitative estimate of drug-likeness (QED) is 0.875. The van der Waals surface area contributed by atoms with Gasteiger partial charge in [-0.25, -0.2) is 9.59 Å². The van der Waals surface area contributed by atoms with Crippen LogP contribution in [0, 0.1) is 0 Å². The fourth-order valence-electron chi connectivity index (χ4n) is 2.23. The Bertz CT molecular complexity index is 560. The van der Waals surface area contributed by atoms with Crippen molar-refractivity contribution in [3.05, 3.63) is 35.4 Å². The Morgan fingerprint density at radius 1 is 1.29 bits per heavy atom. The van der Waals surface area contributed by atoms with Crippen molar-refractivity contribution in [3.8, 4) is 0 Å². The lowest BCUT2D eigenvalue weighted by Crippen LogP contribution is -2.53. The van der Waals surface area contributed by atoms with E-state index in [1.165, 1.54) is 0 Å². The second-order valence-electron chi connectivity index (χ2n) is 4.73. The zero-order valence-corrected chi connectivity index (χ0v) is 10.9. The van der Waals surface area contributed by atoms with Gasteiger partial charge >= 0.3 is 18.2 Å². The topological polar surface area (TPSA) is 69.6 Å². The number of carboxylic acids is 1. The number of fused-ring (bicyclic) bond motifs is 1. The van der Waals surface area contributed by atoms with Crippen molar-refractivity contribution in [3.63, 3.8) is 0 Å². The van der Waals surface area contributed by atoms with Crippen LogP contribution in [0.4, 0.5) is 18.0 Å². The first kappa shape index (κ1) is 15.1. The van der Waals surface area contributed by atoms with Gasteiger partial charge in [-0.15, -0.1) is 0 Å². The molecule has 1 aromatic rings. The summed E-state index contributed by atoms with van der Waals surface area (Å²) in [5.74, 6) is -1.24. The molecule has 1 heterocycles. The SMILES string of the molecule is O=C(O)[C@H]1Cc2ccccc2CN1C(=O)NCC(F)(F)F. The largest absolute Gasteiger partial charge is 0.480 e. The maximum atomic E-state index is 12.1. The van der Waals surface area contributed by atoms with Crippen LogP contribution >= 0.6 is 0 Å². The molecule has 0 saturated carbocycles. The summed E-state index contributed by atoms with van der Waals surface area (Å²) in [6.07, 6.45) is -4.47. The Kier molecular flexibility index (Phi) is 4.06. The Balaban J connectivity index is 2.17. The molecule has 2 N–H and O–H groups in total. The van der Waals surface area contributed by atoms with E-state index in [0.717, 1.165) is 16.0 Å². The standard InChI is InChI=1S/C13H13F3N2O3/c14-13(15,16)7-17-12(21)18-6-9-4-2-1-3-8(9)5-10(18)11(19)20/h1-4,10H,5-7H2,(H,17,21)(H,19,20)/t10-/m1/s1. The highest BCUT2D eigenvalue weighted by Crippen LogP contribution is 2.23. The summed E-state index contributed by atoms with van der Waals surface area (Å²) in [4.78, 5) is 24.0. The maximum absolute atomic E-state index is 12.1.